The van der Waals surface area contributed by atoms with Crippen LogP contribution in [0.3, 0.4) is 0 Å². The van der Waals surface area contributed by atoms with E-state index in [0.717, 1.165) is 16.9 Å². The Bertz CT molecular complexity index is 1520. The molecular weight excluding hydrogens is 530 g/mol. The van der Waals surface area contributed by atoms with Gasteiger partial charge < -0.3 is 14.8 Å². The highest BCUT2D eigenvalue weighted by molar-refractivity contribution is 6.22. The van der Waals surface area contributed by atoms with Crippen LogP contribution in [0.1, 0.15) is 41.1 Å². The summed E-state index contributed by atoms with van der Waals surface area (Å²) in [7, 11) is 1.38. The summed E-state index contributed by atoms with van der Waals surface area (Å²) in [5.74, 6) is -2.57. The Hall–Kier alpha value is -5.06. The molecule has 1 saturated heterocycles. The van der Waals surface area contributed by atoms with Crippen LogP contribution in [0.5, 0.6) is 5.75 Å². The predicted molar refractivity (Wildman–Crippen MR) is 148 cm³/mol. The number of nitrogens with one attached hydrogen (secondary N) is 1. The number of amides is 3. The highest BCUT2D eigenvalue weighted by Crippen LogP contribution is 2.45. The molecule has 1 aliphatic carbocycles. The van der Waals surface area contributed by atoms with Crippen LogP contribution < -0.4 is 15.0 Å². The Kier molecular flexibility index (Phi) is 7.77. The van der Waals surface area contributed by atoms with Gasteiger partial charge in [-0.15, -0.1) is 0 Å². The number of benzene rings is 3. The topological polar surface area (TPSA) is 145 Å². The maximum atomic E-state index is 13.4. The van der Waals surface area contributed by atoms with Gasteiger partial charge in [-0.3, -0.25) is 29.4 Å². The van der Waals surface area contributed by atoms with Gasteiger partial charge >= 0.3 is 5.97 Å². The van der Waals surface area contributed by atoms with Crippen LogP contribution in [0.2, 0.25) is 0 Å². The minimum Gasteiger partial charge on any atom is -0.497 e. The molecule has 1 saturated carbocycles. The number of hydrogen-bond donors (Lipinski definition) is 1. The molecule has 11 nitrogen and oxygen atoms in total. The molecule has 0 bridgehead atoms. The number of hydrogen-bond acceptors (Lipinski definition) is 8. The van der Waals surface area contributed by atoms with Gasteiger partial charge in [0.05, 0.1) is 35.1 Å². The normalized spacial score (nSPS) is 19.8. The summed E-state index contributed by atoms with van der Waals surface area (Å²) in [5.41, 5.74) is 0.990. The Balaban J connectivity index is 1.24. The monoisotopic (exact) mass is 557 g/mol. The van der Waals surface area contributed by atoms with Gasteiger partial charge in [-0.2, -0.15) is 0 Å². The zero-order chi connectivity index (χ0) is 29.1. The molecule has 0 unspecified atom stereocenters. The fourth-order valence-corrected chi connectivity index (χ4v) is 5.54. The molecule has 3 atom stereocenters. The van der Waals surface area contributed by atoms with Crippen LogP contribution in [0, 0.1) is 22.0 Å². The Morgan fingerprint density at radius 3 is 2.46 bits per heavy atom. The van der Waals surface area contributed by atoms with E-state index >= 15 is 0 Å². The van der Waals surface area contributed by atoms with E-state index in [2.05, 4.69) is 5.32 Å². The molecule has 11 heteroatoms. The molecular formula is C30H27N3O8. The Morgan fingerprint density at radius 1 is 0.976 bits per heavy atom. The Labute approximate surface area is 235 Å². The second-order valence-corrected chi connectivity index (χ2v) is 9.96. The van der Waals surface area contributed by atoms with Crippen molar-refractivity contribution < 1.29 is 33.6 Å². The second-order valence-electron chi connectivity index (χ2n) is 9.96. The maximum absolute atomic E-state index is 13.4. The van der Waals surface area contributed by atoms with Crippen molar-refractivity contribution in [1.82, 2.24) is 0 Å². The molecule has 0 radical (unpaired) electrons. The third-order valence-corrected chi connectivity index (χ3v) is 7.55. The molecule has 1 N–H and O–H groups in total. The zero-order valence-corrected chi connectivity index (χ0v) is 22.1. The first-order valence-electron chi connectivity index (χ1n) is 13.1. The lowest BCUT2D eigenvalue weighted by atomic mass is 9.73. The number of nitro benzene ring substituents is 1. The quantitative estimate of drug-likeness (QED) is 0.185. The van der Waals surface area contributed by atoms with E-state index in [1.165, 1.54) is 43.5 Å². The molecule has 3 aromatic rings. The molecule has 1 heterocycles. The number of nitro groups is 1. The van der Waals surface area contributed by atoms with Gasteiger partial charge in [-0.05, 0) is 55.0 Å². The van der Waals surface area contributed by atoms with Gasteiger partial charge in [-0.1, -0.05) is 36.4 Å². The number of anilines is 2. The lowest BCUT2D eigenvalue weighted by Crippen LogP contribution is -2.31. The molecule has 1 aliphatic heterocycles. The largest absolute Gasteiger partial charge is 0.497 e. The van der Waals surface area contributed by atoms with Crippen LogP contribution in [-0.4, -0.2) is 42.3 Å². The van der Waals surface area contributed by atoms with Crippen molar-refractivity contribution >= 4 is 40.8 Å². The molecule has 0 aromatic heterocycles. The van der Waals surface area contributed by atoms with Gasteiger partial charge in [0.2, 0.25) is 11.8 Å². The summed E-state index contributed by atoms with van der Waals surface area (Å²) in [4.78, 5) is 63.6. The number of rotatable bonds is 8. The first-order chi connectivity index (χ1) is 19.8. The minimum atomic E-state index is -0.859. The molecule has 41 heavy (non-hydrogen) atoms. The van der Waals surface area contributed by atoms with Gasteiger partial charge in [0.15, 0.2) is 6.61 Å². The number of carbonyl (C=O) groups is 4. The first kappa shape index (κ1) is 27.5. The molecule has 210 valence electrons. The third-order valence-electron chi connectivity index (χ3n) is 7.55. The summed E-state index contributed by atoms with van der Waals surface area (Å²) in [5, 5.41) is 13.6. The summed E-state index contributed by atoms with van der Waals surface area (Å²) < 4.78 is 10.1. The third kappa shape index (κ3) is 5.65. The lowest BCUT2D eigenvalue weighted by molar-refractivity contribution is -0.383. The predicted octanol–water partition coefficient (Wildman–Crippen LogP) is 4.47. The van der Waals surface area contributed by atoms with Crippen molar-refractivity contribution in [1.29, 1.82) is 0 Å². The average molecular weight is 558 g/mol. The molecule has 0 spiro atoms. The number of nitrogens with zero attached hydrogens (tertiary/aromatic N) is 2. The molecule has 2 fully saturated rings. The molecule has 2 aliphatic rings. The van der Waals surface area contributed by atoms with Crippen LogP contribution >= 0.6 is 0 Å². The SMILES string of the molecule is COc1ccc([N+](=O)[O-])c(NC(=O)COC(=O)c2cccc(N3C(=O)[C@H]4C[C@@H](c5ccccc5)CC[C@H]4C3=O)c2)c1. The number of ether oxygens (including phenoxy) is 2. The van der Waals surface area contributed by atoms with Gasteiger partial charge in [-0.25, -0.2) is 4.79 Å². The molecule has 5 rings (SSSR count). The highest BCUT2D eigenvalue weighted by Gasteiger charge is 2.50. The number of imide groups is 1. The first-order valence-corrected chi connectivity index (χ1v) is 13.1. The van der Waals surface area contributed by atoms with E-state index in [1.807, 2.05) is 30.3 Å². The van der Waals surface area contributed by atoms with Crippen LogP contribution in [0.15, 0.2) is 72.8 Å². The average Bonchev–Trinajstić information content (AvgIpc) is 3.24. The van der Waals surface area contributed by atoms with E-state index in [4.69, 9.17) is 9.47 Å². The summed E-state index contributed by atoms with van der Waals surface area (Å²) in [6, 6.07) is 19.7. The van der Waals surface area contributed by atoms with Gasteiger partial charge in [0, 0.05) is 12.1 Å². The maximum Gasteiger partial charge on any atom is 0.338 e. The van der Waals surface area contributed by atoms with Crippen molar-refractivity contribution in [2.24, 2.45) is 11.8 Å². The van der Waals surface area contributed by atoms with E-state index in [9.17, 15) is 29.3 Å². The number of carbonyl (C=O) groups excluding carboxylic acids is 4. The van der Waals surface area contributed by atoms with Crippen LogP contribution in [0.4, 0.5) is 17.1 Å². The van der Waals surface area contributed by atoms with Crippen LogP contribution in [0.25, 0.3) is 0 Å². The Morgan fingerprint density at radius 2 is 1.73 bits per heavy atom. The van der Waals surface area contributed by atoms with Crippen molar-refractivity contribution in [3.63, 3.8) is 0 Å². The fourth-order valence-electron chi connectivity index (χ4n) is 5.54. The molecule has 3 aromatic carbocycles. The minimum absolute atomic E-state index is 0.0419. The summed E-state index contributed by atoms with van der Waals surface area (Å²) in [6.07, 6.45) is 2.00. The highest BCUT2D eigenvalue weighted by atomic mass is 16.6. The summed E-state index contributed by atoms with van der Waals surface area (Å²) >= 11 is 0. The summed E-state index contributed by atoms with van der Waals surface area (Å²) in [6.45, 7) is -0.718. The number of methoxy groups -OCH3 is 1. The standard InChI is InChI=1S/C30H27N3O8/c1-40-22-11-13-26(33(38)39)25(16-22)31-27(34)17-41-30(37)20-8-5-9-21(14-20)32-28(35)23-12-10-19(15-24(23)29(32)36)18-6-3-2-4-7-18/h2-9,11,13-14,16,19,23-24H,10,12,15,17H2,1H3,(H,31,34)/t19-,23+,24-/m0/s1. The van der Waals surface area contributed by atoms with Crippen LogP contribution in [-0.2, 0) is 19.1 Å². The van der Waals surface area contributed by atoms with Crippen molar-refractivity contribution in [2.75, 3.05) is 23.9 Å². The smallest absolute Gasteiger partial charge is 0.338 e. The van der Waals surface area contributed by atoms with Crippen molar-refractivity contribution in [3.05, 3.63) is 94.0 Å². The van der Waals surface area contributed by atoms with E-state index < -0.39 is 35.2 Å². The van der Waals surface area contributed by atoms with E-state index in [0.29, 0.717) is 18.6 Å². The van der Waals surface area contributed by atoms with Crippen molar-refractivity contribution in [2.45, 2.75) is 25.2 Å². The number of fused-ring (bicyclic) bond motifs is 1. The van der Waals surface area contributed by atoms with E-state index in [-0.39, 0.29) is 40.4 Å². The number of esters is 1. The van der Waals surface area contributed by atoms with Gasteiger partial charge in [0.25, 0.3) is 11.6 Å². The van der Waals surface area contributed by atoms with E-state index in [1.54, 1.807) is 6.07 Å². The fraction of sp³-hybridized carbons (Fsp3) is 0.267. The zero-order valence-electron chi connectivity index (χ0n) is 22.1. The molecule has 3 amide bonds. The lowest BCUT2D eigenvalue weighted by Gasteiger charge is -2.28. The van der Waals surface area contributed by atoms with Crippen molar-refractivity contribution in [3.8, 4) is 5.75 Å². The second kappa shape index (κ2) is 11.6. The van der Waals surface area contributed by atoms with Gasteiger partial charge in [0.1, 0.15) is 11.4 Å².